The lowest BCUT2D eigenvalue weighted by atomic mass is 9.89. The molecule has 110 valence electrons. The first-order chi connectivity index (χ1) is 10.2. The van der Waals surface area contributed by atoms with Crippen LogP contribution in [-0.4, -0.2) is 12.6 Å². The number of rotatable bonds is 4. The van der Waals surface area contributed by atoms with Gasteiger partial charge in [-0.1, -0.05) is 47.5 Å². The summed E-state index contributed by atoms with van der Waals surface area (Å²) in [6.07, 6.45) is 0.904. The first-order valence-electron chi connectivity index (χ1n) is 7.42. The molecule has 21 heavy (non-hydrogen) atoms. The third-order valence-electron chi connectivity index (χ3n) is 4.17. The van der Waals surface area contributed by atoms with Gasteiger partial charge in [-0.2, -0.15) is 0 Å². The van der Waals surface area contributed by atoms with E-state index in [0.717, 1.165) is 12.2 Å². The minimum atomic E-state index is 0.176. The molecule has 0 saturated heterocycles. The molecule has 3 nitrogen and oxygen atoms in total. The lowest BCUT2D eigenvalue weighted by molar-refractivity contribution is 0.297. The predicted octanol–water partition coefficient (Wildman–Crippen LogP) is 2.85. The number of para-hydroxylation sites is 1. The van der Waals surface area contributed by atoms with Crippen molar-refractivity contribution < 1.29 is 4.74 Å². The van der Waals surface area contributed by atoms with Gasteiger partial charge in [0, 0.05) is 17.5 Å². The molecular weight excluding hydrogens is 260 g/mol. The van der Waals surface area contributed by atoms with E-state index in [0.29, 0.717) is 12.5 Å². The van der Waals surface area contributed by atoms with E-state index in [4.69, 9.17) is 10.6 Å². The molecule has 0 spiro atoms. The normalized spacial score (nSPS) is 18.1. The van der Waals surface area contributed by atoms with Crippen LogP contribution in [0.1, 0.15) is 28.2 Å². The molecule has 1 aliphatic rings. The summed E-state index contributed by atoms with van der Waals surface area (Å²) in [5, 5.41) is 0. The summed E-state index contributed by atoms with van der Waals surface area (Å²) in [6, 6.07) is 15.1. The average molecular weight is 282 g/mol. The Hall–Kier alpha value is -1.84. The highest BCUT2D eigenvalue weighted by Crippen LogP contribution is 2.36. The number of nitrogens with two attached hydrogens (primary N) is 1. The summed E-state index contributed by atoms with van der Waals surface area (Å²) in [5.74, 6) is 7.12. The van der Waals surface area contributed by atoms with E-state index in [9.17, 15) is 0 Å². The van der Waals surface area contributed by atoms with E-state index in [1.54, 1.807) is 0 Å². The van der Waals surface area contributed by atoms with Crippen LogP contribution in [0.3, 0.4) is 0 Å². The molecule has 1 aliphatic heterocycles. The Balaban J connectivity index is 1.83. The molecule has 2 atom stereocenters. The van der Waals surface area contributed by atoms with Crippen molar-refractivity contribution in [3.8, 4) is 5.75 Å². The van der Waals surface area contributed by atoms with Gasteiger partial charge in [0.2, 0.25) is 0 Å². The largest absolute Gasteiger partial charge is 0.493 e. The van der Waals surface area contributed by atoms with Crippen LogP contribution in [0, 0.1) is 13.8 Å². The summed E-state index contributed by atoms with van der Waals surface area (Å²) in [6.45, 7) is 4.96. The monoisotopic (exact) mass is 282 g/mol. The van der Waals surface area contributed by atoms with Crippen molar-refractivity contribution in [3.63, 3.8) is 0 Å². The first kappa shape index (κ1) is 14.1. The summed E-state index contributed by atoms with van der Waals surface area (Å²) in [7, 11) is 0. The number of aryl methyl sites for hydroxylation is 2. The zero-order valence-corrected chi connectivity index (χ0v) is 12.6. The van der Waals surface area contributed by atoms with Crippen molar-refractivity contribution >= 4 is 0 Å². The standard InChI is InChI=1S/C18H22N2O/c1-12-7-13(2)9-14(8-12)10-17(20-19)16-11-21-18-6-4-3-5-15(16)18/h3-9,16-17,20H,10-11,19H2,1-2H3. The molecule has 3 N–H and O–H groups in total. The maximum atomic E-state index is 5.83. The van der Waals surface area contributed by atoms with Crippen LogP contribution in [0.4, 0.5) is 0 Å². The molecule has 2 unspecified atom stereocenters. The van der Waals surface area contributed by atoms with Gasteiger partial charge in [-0.05, 0) is 31.9 Å². The van der Waals surface area contributed by atoms with E-state index in [2.05, 4.69) is 49.6 Å². The van der Waals surface area contributed by atoms with E-state index in [-0.39, 0.29) is 6.04 Å². The fourth-order valence-electron chi connectivity index (χ4n) is 3.28. The number of ether oxygens (including phenoxy) is 1. The molecule has 0 radical (unpaired) electrons. The van der Waals surface area contributed by atoms with Gasteiger partial charge >= 0.3 is 0 Å². The highest BCUT2D eigenvalue weighted by Gasteiger charge is 2.30. The number of benzene rings is 2. The molecule has 0 saturated carbocycles. The SMILES string of the molecule is Cc1cc(C)cc(CC(NN)C2COc3ccccc32)c1. The van der Waals surface area contributed by atoms with E-state index >= 15 is 0 Å². The van der Waals surface area contributed by atoms with Crippen LogP contribution in [0.5, 0.6) is 5.75 Å². The predicted molar refractivity (Wildman–Crippen MR) is 85.4 cm³/mol. The molecule has 3 rings (SSSR count). The Labute approximate surface area is 126 Å². The number of hydrazine groups is 1. The van der Waals surface area contributed by atoms with Gasteiger partial charge < -0.3 is 4.74 Å². The van der Waals surface area contributed by atoms with E-state index in [1.165, 1.54) is 22.3 Å². The van der Waals surface area contributed by atoms with Gasteiger partial charge in [0.1, 0.15) is 5.75 Å². The van der Waals surface area contributed by atoms with Gasteiger partial charge in [-0.25, -0.2) is 0 Å². The summed E-state index contributed by atoms with van der Waals surface area (Å²) in [5.41, 5.74) is 8.16. The lowest BCUT2D eigenvalue weighted by Gasteiger charge is -2.22. The molecule has 0 bridgehead atoms. The summed E-state index contributed by atoms with van der Waals surface area (Å²) in [4.78, 5) is 0. The molecular formula is C18H22N2O. The minimum absolute atomic E-state index is 0.176. The maximum absolute atomic E-state index is 5.83. The zero-order valence-electron chi connectivity index (χ0n) is 12.6. The number of hydrogen-bond donors (Lipinski definition) is 2. The number of hydrogen-bond acceptors (Lipinski definition) is 3. The van der Waals surface area contributed by atoms with E-state index < -0.39 is 0 Å². The Morgan fingerprint density at radius 3 is 2.62 bits per heavy atom. The van der Waals surface area contributed by atoms with Gasteiger partial charge in [0.05, 0.1) is 6.61 Å². The molecule has 0 fully saturated rings. The molecule has 3 heteroatoms. The van der Waals surface area contributed by atoms with Crippen molar-refractivity contribution in [1.29, 1.82) is 0 Å². The second-order valence-electron chi connectivity index (χ2n) is 5.93. The quantitative estimate of drug-likeness (QED) is 0.669. The second kappa shape index (κ2) is 5.88. The summed E-state index contributed by atoms with van der Waals surface area (Å²) < 4.78 is 5.78. The molecule has 0 amide bonds. The second-order valence-corrected chi connectivity index (χ2v) is 5.93. The van der Waals surface area contributed by atoms with Crippen LogP contribution in [0.2, 0.25) is 0 Å². The zero-order chi connectivity index (χ0) is 14.8. The van der Waals surface area contributed by atoms with Gasteiger partial charge in [-0.15, -0.1) is 0 Å². The van der Waals surface area contributed by atoms with Crippen LogP contribution < -0.4 is 16.0 Å². The summed E-state index contributed by atoms with van der Waals surface area (Å²) >= 11 is 0. The van der Waals surface area contributed by atoms with Crippen LogP contribution >= 0.6 is 0 Å². The molecule has 2 aromatic carbocycles. The van der Waals surface area contributed by atoms with Gasteiger partial charge in [0.15, 0.2) is 0 Å². The Morgan fingerprint density at radius 1 is 1.19 bits per heavy atom. The average Bonchev–Trinajstić information content (AvgIpc) is 2.87. The highest BCUT2D eigenvalue weighted by atomic mass is 16.5. The number of nitrogens with one attached hydrogen (secondary N) is 1. The van der Waals surface area contributed by atoms with Crippen LogP contribution in [0.25, 0.3) is 0 Å². The number of fused-ring (bicyclic) bond motifs is 1. The highest BCUT2D eigenvalue weighted by molar-refractivity contribution is 5.41. The van der Waals surface area contributed by atoms with Crippen LogP contribution in [0.15, 0.2) is 42.5 Å². The van der Waals surface area contributed by atoms with Gasteiger partial charge in [-0.3, -0.25) is 11.3 Å². The van der Waals surface area contributed by atoms with E-state index in [1.807, 2.05) is 12.1 Å². The van der Waals surface area contributed by atoms with Crippen molar-refractivity contribution in [2.45, 2.75) is 32.2 Å². The molecule has 0 aromatic heterocycles. The fourth-order valence-corrected chi connectivity index (χ4v) is 3.28. The minimum Gasteiger partial charge on any atom is -0.493 e. The lowest BCUT2D eigenvalue weighted by Crippen LogP contribution is -2.42. The molecule has 0 aliphatic carbocycles. The van der Waals surface area contributed by atoms with Crippen molar-refractivity contribution in [3.05, 3.63) is 64.7 Å². The first-order valence-corrected chi connectivity index (χ1v) is 7.42. The smallest absolute Gasteiger partial charge is 0.122 e. The molecule has 2 aromatic rings. The van der Waals surface area contributed by atoms with Crippen molar-refractivity contribution in [2.75, 3.05) is 6.61 Å². The third-order valence-corrected chi connectivity index (χ3v) is 4.17. The topological polar surface area (TPSA) is 47.3 Å². The Kier molecular flexibility index (Phi) is 3.95. The van der Waals surface area contributed by atoms with Crippen LogP contribution in [-0.2, 0) is 6.42 Å². The third kappa shape index (κ3) is 2.94. The van der Waals surface area contributed by atoms with Gasteiger partial charge in [0.25, 0.3) is 0 Å². The molecule has 1 heterocycles. The van der Waals surface area contributed by atoms with Crippen molar-refractivity contribution in [1.82, 2.24) is 5.43 Å². The van der Waals surface area contributed by atoms with Crippen molar-refractivity contribution in [2.24, 2.45) is 5.84 Å². The Bertz CT molecular complexity index is 619. The maximum Gasteiger partial charge on any atom is 0.122 e. The Morgan fingerprint density at radius 2 is 1.90 bits per heavy atom. The fraction of sp³-hybridized carbons (Fsp3) is 0.333.